The van der Waals surface area contributed by atoms with Crippen LogP contribution in [-0.4, -0.2) is 58.3 Å². The van der Waals surface area contributed by atoms with Crippen molar-refractivity contribution in [3.8, 4) is 22.6 Å². The standard InChI is InChI=1S/C33H29N3O6.Na/c1-41-29-17-22(15-24-23(29)7-11-35-30(24)19-2-3-19)31(38)36-12-8-33(9-13-36)18-27(37)25-14-20(4-5-28(25)42-33)21-6-10-34-26(16-21)32(39)40;/h4-7,10-11,14-17,19H,2-3,8-9,12-13,18H2,1H3,(H,39,40);/q;+1/p-1. The number of nitrogens with zero attached hydrogens (tertiary/aromatic N) is 3. The van der Waals surface area contributed by atoms with Gasteiger partial charge >= 0.3 is 29.6 Å². The van der Waals surface area contributed by atoms with E-state index in [2.05, 4.69) is 9.97 Å². The van der Waals surface area contributed by atoms with E-state index in [0.717, 1.165) is 29.3 Å². The summed E-state index contributed by atoms with van der Waals surface area (Å²) in [5.74, 6) is 0.128. The first-order chi connectivity index (χ1) is 20.3. The number of pyridine rings is 2. The Bertz CT molecular complexity index is 1780. The minimum atomic E-state index is -1.36. The molecule has 1 saturated carbocycles. The molecule has 2 aromatic heterocycles. The summed E-state index contributed by atoms with van der Waals surface area (Å²) in [5.41, 5.74) is 2.53. The molecule has 1 amide bonds. The summed E-state index contributed by atoms with van der Waals surface area (Å²) in [6.07, 6.45) is 6.70. The zero-order valence-corrected chi connectivity index (χ0v) is 26.1. The zero-order valence-electron chi connectivity index (χ0n) is 24.1. The second-order valence-corrected chi connectivity index (χ2v) is 11.3. The number of amides is 1. The number of rotatable bonds is 5. The third-order valence-corrected chi connectivity index (χ3v) is 8.66. The number of carbonyl (C=O) groups is 3. The maximum atomic E-state index is 13.7. The topological polar surface area (TPSA) is 122 Å². The number of Topliss-reactive ketones (excluding diaryl/α,β-unsaturated/α-hetero) is 1. The number of aromatic carboxylic acids is 1. The van der Waals surface area contributed by atoms with E-state index in [9.17, 15) is 19.5 Å². The van der Waals surface area contributed by atoms with Gasteiger partial charge in [0.1, 0.15) is 17.1 Å². The number of methoxy groups -OCH3 is 1. The number of benzene rings is 2. The maximum absolute atomic E-state index is 13.7. The number of carbonyl (C=O) groups excluding carboxylic acids is 3. The van der Waals surface area contributed by atoms with E-state index >= 15 is 0 Å². The van der Waals surface area contributed by atoms with E-state index in [1.165, 1.54) is 12.3 Å². The van der Waals surface area contributed by atoms with Gasteiger partial charge in [-0.2, -0.15) is 0 Å². The number of carboxylic acids is 1. The van der Waals surface area contributed by atoms with Crippen LogP contribution in [0, 0.1) is 0 Å². The van der Waals surface area contributed by atoms with E-state index < -0.39 is 11.6 Å². The quantitative estimate of drug-likeness (QED) is 0.321. The Kier molecular flexibility index (Phi) is 7.75. The molecule has 1 saturated heterocycles. The number of fused-ring (bicyclic) bond motifs is 2. The normalized spacial score (nSPS) is 17.1. The molecule has 0 bridgehead atoms. The molecule has 4 aromatic rings. The molecular weight excluding hydrogens is 557 g/mol. The first-order valence-corrected chi connectivity index (χ1v) is 14.1. The predicted molar refractivity (Wildman–Crippen MR) is 152 cm³/mol. The van der Waals surface area contributed by atoms with Crippen molar-refractivity contribution in [1.29, 1.82) is 0 Å². The Morgan fingerprint density at radius 3 is 2.44 bits per heavy atom. The average molecular weight is 586 g/mol. The average Bonchev–Trinajstić information content (AvgIpc) is 3.86. The smallest absolute Gasteiger partial charge is 0.543 e. The molecule has 2 aromatic carbocycles. The molecule has 0 atom stereocenters. The van der Waals surface area contributed by atoms with Gasteiger partial charge < -0.3 is 24.3 Å². The number of ether oxygens (including phenoxy) is 2. The van der Waals surface area contributed by atoms with Gasteiger partial charge in [-0.3, -0.25) is 19.6 Å². The van der Waals surface area contributed by atoms with Crippen molar-refractivity contribution in [2.75, 3.05) is 20.2 Å². The van der Waals surface area contributed by atoms with Crippen LogP contribution in [0.5, 0.6) is 11.5 Å². The Morgan fingerprint density at radius 2 is 1.72 bits per heavy atom. The minimum absolute atomic E-state index is 0. The Labute approximate surface area is 270 Å². The molecule has 10 heteroatoms. The van der Waals surface area contributed by atoms with Crippen LogP contribution in [0.2, 0.25) is 0 Å². The third kappa shape index (κ3) is 5.41. The van der Waals surface area contributed by atoms with Crippen molar-refractivity contribution in [3.05, 3.63) is 83.4 Å². The van der Waals surface area contributed by atoms with Crippen LogP contribution in [0.25, 0.3) is 21.9 Å². The first-order valence-electron chi connectivity index (χ1n) is 14.1. The summed E-state index contributed by atoms with van der Waals surface area (Å²) in [5, 5.41) is 13.2. The molecule has 2 aliphatic heterocycles. The zero-order chi connectivity index (χ0) is 29.0. The Balaban J connectivity index is 0.00000329. The summed E-state index contributed by atoms with van der Waals surface area (Å²) in [6, 6.07) is 14.1. The number of aromatic nitrogens is 2. The van der Waals surface area contributed by atoms with Gasteiger partial charge in [-0.15, -0.1) is 0 Å². The number of ketones is 1. The van der Waals surface area contributed by atoms with Crippen molar-refractivity contribution >= 4 is 28.4 Å². The number of carboxylic acid groups (broad SMARTS) is 1. The number of piperidine rings is 1. The van der Waals surface area contributed by atoms with Crippen LogP contribution < -0.4 is 44.1 Å². The van der Waals surface area contributed by atoms with E-state index in [4.69, 9.17) is 9.47 Å². The van der Waals surface area contributed by atoms with E-state index in [0.29, 0.717) is 65.6 Å². The summed E-state index contributed by atoms with van der Waals surface area (Å²) >= 11 is 0. The van der Waals surface area contributed by atoms with Gasteiger partial charge in [0, 0.05) is 60.6 Å². The van der Waals surface area contributed by atoms with Crippen molar-refractivity contribution < 1.29 is 58.5 Å². The summed E-state index contributed by atoms with van der Waals surface area (Å²) in [6.45, 7) is 0.927. The van der Waals surface area contributed by atoms with Crippen LogP contribution in [0.4, 0.5) is 0 Å². The molecule has 43 heavy (non-hydrogen) atoms. The van der Waals surface area contributed by atoms with E-state index in [-0.39, 0.29) is 53.4 Å². The monoisotopic (exact) mass is 585 g/mol. The fourth-order valence-electron chi connectivity index (χ4n) is 6.22. The fraction of sp³-hybridized carbons (Fsp3) is 0.303. The van der Waals surface area contributed by atoms with Crippen LogP contribution in [-0.2, 0) is 0 Å². The molecule has 2 fully saturated rings. The van der Waals surface area contributed by atoms with Gasteiger partial charge in [0.05, 0.1) is 36.5 Å². The van der Waals surface area contributed by atoms with Crippen molar-refractivity contribution in [1.82, 2.24) is 14.9 Å². The molecule has 1 spiro atoms. The molecule has 3 aliphatic rings. The van der Waals surface area contributed by atoms with E-state index in [1.54, 1.807) is 43.6 Å². The van der Waals surface area contributed by atoms with Crippen LogP contribution in [0.1, 0.15) is 74.9 Å². The number of hydrogen-bond acceptors (Lipinski definition) is 8. The number of likely N-dealkylation sites (tertiary alicyclic amines) is 1. The molecular formula is C33H28N3NaO6. The third-order valence-electron chi connectivity index (χ3n) is 8.66. The van der Waals surface area contributed by atoms with Crippen LogP contribution >= 0.6 is 0 Å². The Morgan fingerprint density at radius 1 is 0.977 bits per heavy atom. The molecule has 7 rings (SSSR count). The first kappa shape index (κ1) is 29.3. The van der Waals surface area contributed by atoms with Crippen molar-refractivity contribution in [2.45, 2.75) is 43.6 Å². The van der Waals surface area contributed by atoms with Crippen LogP contribution in [0.3, 0.4) is 0 Å². The summed E-state index contributed by atoms with van der Waals surface area (Å²) in [7, 11) is 1.62. The van der Waals surface area contributed by atoms with Gasteiger partial charge in [-0.05, 0) is 66.4 Å². The van der Waals surface area contributed by atoms with Gasteiger partial charge in [-0.1, -0.05) is 6.07 Å². The summed E-state index contributed by atoms with van der Waals surface area (Å²) in [4.78, 5) is 48.5. The predicted octanol–water partition coefficient (Wildman–Crippen LogP) is 1.19. The SMILES string of the molecule is COc1cc(C(=O)N2CCC3(CC2)CC(=O)c2cc(-c4ccnc(C(=O)[O-])c4)ccc2O3)cc2c(C3CC3)nccc12.[Na+]. The maximum Gasteiger partial charge on any atom is 1.00 e. The number of hydrogen-bond donors (Lipinski definition) is 0. The second-order valence-electron chi connectivity index (χ2n) is 11.3. The largest absolute Gasteiger partial charge is 1.00 e. The van der Waals surface area contributed by atoms with Gasteiger partial charge in [0.25, 0.3) is 5.91 Å². The molecule has 4 heterocycles. The molecule has 1 aliphatic carbocycles. The fourth-order valence-corrected chi connectivity index (χ4v) is 6.22. The van der Waals surface area contributed by atoms with Gasteiger partial charge in [-0.25, -0.2) is 0 Å². The summed E-state index contributed by atoms with van der Waals surface area (Å²) < 4.78 is 12.1. The second kappa shape index (κ2) is 11.4. The molecule has 0 N–H and O–H groups in total. The van der Waals surface area contributed by atoms with Gasteiger partial charge in [0.15, 0.2) is 5.78 Å². The molecule has 212 valence electrons. The molecule has 0 radical (unpaired) electrons. The van der Waals surface area contributed by atoms with E-state index in [1.807, 2.05) is 17.0 Å². The molecule has 9 nitrogen and oxygen atoms in total. The Hall–Kier alpha value is -3.79. The van der Waals surface area contributed by atoms with Crippen molar-refractivity contribution in [2.24, 2.45) is 0 Å². The van der Waals surface area contributed by atoms with Gasteiger partial charge in [0.2, 0.25) is 0 Å². The van der Waals surface area contributed by atoms with Crippen molar-refractivity contribution in [3.63, 3.8) is 0 Å². The van der Waals surface area contributed by atoms with Crippen LogP contribution in [0.15, 0.2) is 60.9 Å². The minimum Gasteiger partial charge on any atom is -0.543 e. The molecule has 0 unspecified atom stereocenters.